The van der Waals surface area contributed by atoms with E-state index >= 15 is 0 Å². The molecule has 0 radical (unpaired) electrons. The number of fused-ring (bicyclic) bond motifs is 1. The number of ether oxygens (including phenoxy) is 1. The molecule has 4 atom stereocenters. The monoisotopic (exact) mass is 376 g/mol. The first-order chi connectivity index (χ1) is 13.7. The summed E-state index contributed by atoms with van der Waals surface area (Å²) in [5, 5.41) is 0. The number of hydrogen-bond acceptors (Lipinski definition) is 1. The number of rotatable bonds is 3. The molecule has 0 N–H and O–H groups in total. The molecule has 2 saturated carbocycles. The van der Waals surface area contributed by atoms with Crippen LogP contribution in [0.1, 0.15) is 68.1 Å². The standard InChI is InChI=1S/C26H29FO/c1-2-28-26-16-13-23-17-22(11-12-24(23)18-26)21-9-5-19(6-10-21)3-4-20-7-14-25(27)15-8-20/h5-10,14-15,22-24,26H,2,11-13,16-18H2,1H3. The molecule has 0 bridgehead atoms. The maximum Gasteiger partial charge on any atom is 0.123 e. The van der Waals surface area contributed by atoms with E-state index in [0.717, 1.165) is 29.6 Å². The predicted molar refractivity (Wildman–Crippen MR) is 112 cm³/mol. The fourth-order valence-electron chi connectivity index (χ4n) is 5.05. The van der Waals surface area contributed by atoms with E-state index in [1.54, 1.807) is 12.1 Å². The fraction of sp³-hybridized carbons (Fsp3) is 0.462. The van der Waals surface area contributed by atoms with Gasteiger partial charge >= 0.3 is 0 Å². The zero-order valence-corrected chi connectivity index (χ0v) is 16.7. The Labute approximate surface area is 168 Å². The van der Waals surface area contributed by atoms with E-state index in [1.807, 2.05) is 0 Å². The first-order valence-electron chi connectivity index (χ1n) is 10.7. The van der Waals surface area contributed by atoms with Crippen LogP contribution in [0.15, 0.2) is 48.5 Å². The quantitative estimate of drug-likeness (QED) is 0.570. The highest BCUT2D eigenvalue weighted by Crippen LogP contribution is 2.46. The molecule has 0 aromatic heterocycles. The molecule has 2 aromatic carbocycles. The highest BCUT2D eigenvalue weighted by molar-refractivity contribution is 5.43. The van der Waals surface area contributed by atoms with Gasteiger partial charge < -0.3 is 4.74 Å². The molecule has 2 aliphatic rings. The lowest BCUT2D eigenvalue weighted by Crippen LogP contribution is -2.33. The predicted octanol–water partition coefficient (Wildman–Crippen LogP) is 6.31. The van der Waals surface area contributed by atoms with Crippen molar-refractivity contribution >= 4 is 0 Å². The van der Waals surface area contributed by atoms with Gasteiger partial charge in [0.15, 0.2) is 0 Å². The van der Waals surface area contributed by atoms with E-state index < -0.39 is 0 Å². The highest BCUT2D eigenvalue weighted by atomic mass is 19.1. The van der Waals surface area contributed by atoms with Crippen molar-refractivity contribution in [3.63, 3.8) is 0 Å². The molecule has 146 valence electrons. The van der Waals surface area contributed by atoms with Crippen LogP contribution in [0.5, 0.6) is 0 Å². The Bertz CT molecular complexity index is 827. The van der Waals surface area contributed by atoms with Crippen LogP contribution in [0.3, 0.4) is 0 Å². The summed E-state index contributed by atoms with van der Waals surface area (Å²) >= 11 is 0. The van der Waals surface area contributed by atoms with E-state index in [0.29, 0.717) is 12.0 Å². The smallest absolute Gasteiger partial charge is 0.123 e. The van der Waals surface area contributed by atoms with Crippen LogP contribution in [-0.4, -0.2) is 12.7 Å². The molecular formula is C26H29FO. The first kappa shape index (κ1) is 19.2. The van der Waals surface area contributed by atoms with Gasteiger partial charge in [-0.05, 0) is 105 Å². The lowest BCUT2D eigenvalue weighted by Gasteiger charge is -2.42. The molecule has 2 aromatic rings. The van der Waals surface area contributed by atoms with Crippen molar-refractivity contribution in [1.82, 2.24) is 0 Å². The average molecular weight is 377 g/mol. The molecule has 1 nitrogen and oxygen atoms in total. The molecule has 2 fully saturated rings. The van der Waals surface area contributed by atoms with Crippen molar-refractivity contribution in [2.24, 2.45) is 11.8 Å². The number of benzene rings is 2. The lowest BCUT2D eigenvalue weighted by molar-refractivity contribution is -0.00955. The zero-order chi connectivity index (χ0) is 19.3. The van der Waals surface area contributed by atoms with Gasteiger partial charge in [-0.25, -0.2) is 4.39 Å². The van der Waals surface area contributed by atoms with Crippen LogP contribution in [0.2, 0.25) is 0 Å². The molecule has 0 saturated heterocycles. The third-order valence-corrected chi connectivity index (χ3v) is 6.54. The summed E-state index contributed by atoms with van der Waals surface area (Å²) in [5.41, 5.74) is 3.31. The van der Waals surface area contributed by atoms with Gasteiger partial charge in [0.2, 0.25) is 0 Å². The fourth-order valence-corrected chi connectivity index (χ4v) is 5.05. The van der Waals surface area contributed by atoms with E-state index in [-0.39, 0.29) is 5.82 Å². The van der Waals surface area contributed by atoms with Gasteiger partial charge in [-0.3, -0.25) is 0 Å². The Hall–Kier alpha value is -2.11. The zero-order valence-electron chi connectivity index (χ0n) is 16.7. The summed E-state index contributed by atoms with van der Waals surface area (Å²) in [5.74, 6) is 8.49. The van der Waals surface area contributed by atoms with Crippen LogP contribution in [-0.2, 0) is 4.74 Å². The summed E-state index contributed by atoms with van der Waals surface area (Å²) in [7, 11) is 0. The molecule has 0 aliphatic heterocycles. The molecular weight excluding hydrogens is 347 g/mol. The van der Waals surface area contributed by atoms with Gasteiger partial charge in [0.05, 0.1) is 6.10 Å². The Morgan fingerprint density at radius 1 is 0.821 bits per heavy atom. The van der Waals surface area contributed by atoms with Crippen LogP contribution in [0, 0.1) is 29.5 Å². The molecule has 2 aliphatic carbocycles. The van der Waals surface area contributed by atoms with Crippen molar-refractivity contribution in [3.05, 3.63) is 71.0 Å². The Morgan fingerprint density at radius 3 is 2.11 bits per heavy atom. The molecule has 0 amide bonds. The van der Waals surface area contributed by atoms with Crippen LogP contribution in [0.25, 0.3) is 0 Å². The Kier molecular flexibility index (Phi) is 6.13. The first-order valence-corrected chi connectivity index (χ1v) is 10.7. The lowest BCUT2D eigenvalue weighted by atomic mass is 9.65. The van der Waals surface area contributed by atoms with Gasteiger partial charge in [0.1, 0.15) is 5.82 Å². The second kappa shape index (κ2) is 8.93. The van der Waals surface area contributed by atoms with Gasteiger partial charge in [0, 0.05) is 17.7 Å². The summed E-state index contributed by atoms with van der Waals surface area (Å²) in [6.45, 7) is 2.96. The third kappa shape index (κ3) is 4.65. The molecule has 2 heteroatoms. The Morgan fingerprint density at radius 2 is 1.43 bits per heavy atom. The summed E-state index contributed by atoms with van der Waals surface area (Å²) < 4.78 is 18.9. The number of hydrogen-bond donors (Lipinski definition) is 0. The second-order valence-corrected chi connectivity index (χ2v) is 8.30. The maximum absolute atomic E-state index is 13.0. The molecule has 4 rings (SSSR count). The molecule has 0 heterocycles. The van der Waals surface area contributed by atoms with E-state index in [2.05, 4.69) is 43.0 Å². The third-order valence-electron chi connectivity index (χ3n) is 6.54. The Balaban J connectivity index is 1.37. The average Bonchev–Trinajstić information content (AvgIpc) is 2.74. The van der Waals surface area contributed by atoms with E-state index in [9.17, 15) is 4.39 Å². The van der Waals surface area contributed by atoms with Crippen molar-refractivity contribution in [2.45, 2.75) is 57.5 Å². The van der Waals surface area contributed by atoms with Crippen molar-refractivity contribution < 1.29 is 9.13 Å². The van der Waals surface area contributed by atoms with E-state index in [1.165, 1.54) is 56.2 Å². The highest BCUT2D eigenvalue weighted by Gasteiger charge is 2.36. The van der Waals surface area contributed by atoms with Crippen LogP contribution < -0.4 is 0 Å². The minimum atomic E-state index is -0.226. The summed E-state index contributed by atoms with van der Waals surface area (Å²) in [6.07, 6.45) is 8.28. The van der Waals surface area contributed by atoms with Gasteiger partial charge in [-0.1, -0.05) is 24.0 Å². The van der Waals surface area contributed by atoms with Gasteiger partial charge in [-0.2, -0.15) is 0 Å². The van der Waals surface area contributed by atoms with Crippen molar-refractivity contribution in [1.29, 1.82) is 0 Å². The number of halogens is 1. The normalized spacial score (nSPS) is 26.8. The summed E-state index contributed by atoms with van der Waals surface area (Å²) in [6, 6.07) is 15.1. The van der Waals surface area contributed by atoms with Crippen molar-refractivity contribution in [2.75, 3.05) is 6.61 Å². The van der Waals surface area contributed by atoms with Gasteiger partial charge in [0.25, 0.3) is 0 Å². The van der Waals surface area contributed by atoms with Crippen LogP contribution >= 0.6 is 0 Å². The minimum absolute atomic E-state index is 0.226. The van der Waals surface area contributed by atoms with E-state index in [4.69, 9.17) is 4.74 Å². The van der Waals surface area contributed by atoms with Gasteiger partial charge in [-0.15, -0.1) is 0 Å². The van der Waals surface area contributed by atoms with Crippen molar-refractivity contribution in [3.8, 4) is 11.8 Å². The molecule has 4 unspecified atom stereocenters. The minimum Gasteiger partial charge on any atom is -0.378 e. The largest absolute Gasteiger partial charge is 0.378 e. The van der Waals surface area contributed by atoms with Crippen LogP contribution in [0.4, 0.5) is 4.39 Å². The molecule has 0 spiro atoms. The molecule has 28 heavy (non-hydrogen) atoms. The second-order valence-electron chi connectivity index (χ2n) is 8.30. The SMILES string of the molecule is CCOC1CCC2CC(c3ccc(C#Cc4ccc(F)cc4)cc3)CCC2C1. The summed E-state index contributed by atoms with van der Waals surface area (Å²) in [4.78, 5) is 0. The maximum atomic E-state index is 13.0. The topological polar surface area (TPSA) is 9.23 Å².